The van der Waals surface area contributed by atoms with E-state index in [0.29, 0.717) is 11.1 Å². The first-order chi connectivity index (χ1) is 13.1. The molecule has 6 heteroatoms. The zero-order valence-corrected chi connectivity index (χ0v) is 14.5. The summed E-state index contributed by atoms with van der Waals surface area (Å²) in [4.78, 5) is 12.3. The highest BCUT2D eigenvalue weighted by molar-refractivity contribution is 6.06. The van der Waals surface area contributed by atoms with E-state index in [2.05, 4.69) is 4.74 Å². The fourth-order valence-corrected chi connectivity index (χ4v) is 2.55. The first-order valence-electron chi connectivity index (χ1n) is 8.15. The molecule has 0 spiro atoms. The Hall–Kier alpha value is -3.41. The first-order valence-corrected chi connectivity index (χ1v) is 8.15. The Morgan fingerprint density at radius 1 is 1.04 bits per heavy atom. The van der Waals surface area contributed by atoms with Gasteiger partial charge in [0.2, 0.25) is 0 Å². The molecule has 1 heterocycles. The molecule has 3 rings (SSSR count). The van der Waals surface area contributed by atoms with Crippen molar-refractivity contribution in [2.45, 2.75) is 6.61 Å². The van der Waals surface area contributed by atoms with Gasteiger partial charge in [-0.2, -0.15) is 8.78 Å². The zero-order chi connectivity index (χ0) is 19.2. The fraction of sp³-hybridized carbons (Fsp3) is 0.0952. The molecule has 0 saturated carbocycles. The van der Waals surface area contributed by atoms with Gasteiger partial charge in [-0.25, -0.2) is 0 Å². The van der Waals surface area contributed by atoms with Crippen LogP contribution in [0.5, 0.6) is 11.5 Å². The molecular weight excluding hydrogens is 352 g/mol. The molecule has 0 aliphatic heterocycles. The Kier molecular flexibility index (Phi) is 5.66. The highest BCUT2D eigenvalue weighted by Crippen LogP contribution is 2.29. The molecule has 0 amide bonds. The van der Waals surface area contributed by atoms with Crippen LogP contribution in [0, 0.1) is 0 Å². The molecule has 0 unspecified atom stereocenters. The Morgan fingerprint density at radius 3 is 2.37 bits per heavy atom. The summed E-state index contributed by atoms with van der Waals surface area (Å²) in [6.07, 6.45) is 6.86. The SMILES string of the molecule is COc1cc(/C=C/C(=O)c2ccc(-n3cccc3)cc2)ccc1OC(F)F. The number of halogens is 2. The highest BCUT2D eigenvalue weighted by Gasteiger charge is 2.10. The first kappa shape index (κ1) is 18.4. The van der Waals surface area contributed by atoms with Crippen LogP contribution < -0.4 is 9.47 Å². The van der Waals surface area contributed by atoms with E-state index in [1.807, 2.05) is 41.2 Å². The predicted octanol–water partition coefficient (Wildman–Crippen LogP) is 4.98. The summed E-state index contributed by atoms with van der Waals surface area (Å²) < 4.78 is 36.1. The summed E-state index contributed by atoms with van der Waals surface area (Å²) in [7, 11) is 1.36. The van der Waals surface area contributed by atoms with E-state index in [4.69, 9.17) is 4.74 Å². The second kappa shape index (κ2) is 8.31. The quantitative estimate of drug-likeness (QED) is 0.435. The summed E-state index contributed by atoms with van der Waals surface area (Å²) in [6.45, 7) is -2.93. The summed E-state index contributed by atoms with van der Waals surface area (Å²) in [6, 6.07) is 15.5. The molecule has 0 bridgehead atoms. The van der Waals surface area contributed by atoms with Gasteiger partial charge in [0.1, 0.15) is 0 Å². The average Bonchev–Trinajstić information content (AvgIpc) is 3.21. The van der Waals surface area contributed by atoms with Crippen molar-refractivity contribution in [3.8, 4) is 17.2 Å². The van der Waals surface area contributed by atoms with Crippen molar-refractivity contribution in [1.82, 2.24) is 4.57 Å². The minimum absolute atomic E-state index is 0.0587. The van der Waals surface area contributed by atoms with Crippen LogP contribution >= 0.6 is 0 Å². The van der Waals surface area contributed by atoms with E-state index in [9.17, 15) is 13.6 Å². The van der Waals surface area contributed by atoms with Gasteiger partial charge < -0.3 is 14.0 Å². The van der Waals surface area contributed by atoms with E-state index in [-0.39, 0.29) is 17.3 Å². The van der Waals surface area contributed by atoms with Gasteiger partial charge >= 0.3 is 6.61 Å². The van der Waals surface area contributed by atoms with Crippen LogP contribution in [-0.4, -0.2) is 24.1 Å². The van der Waals surface area contributed by atoms with E-state index in [1.165, 1.54) is 25.3 Å². The van der Waals surface area contributed by atoms with Gasteiger partial charge in [-0.1, -0.05) is 12.1 Å². The largest absolute Gasteiger partial charge is 0.493 e. The van der Waals surface area contributed by atoms with E-state index in [0.717, 1.165) is 5.69 Å². The van der Waals surface area contributed by atoms with Gasteiger partial charge in [0.15, 0.2) is 17.3 Å². The van der Waals surface area contributed by atoms with Crippen LogP contribution in [0.3, 0.4) is 0 Å². The molecular formula is C21H17F2NO3. The summed E-state index contributed by atoms with van der Waals surface area (Å²) >= 11 is 0. The van der Waals surface area contributed by atoms with Crippen LogP contribution in [0.4, 0.5) is 8.78 Å². The third kappa shape index (κ3) is 4.61. The fourth-order valence-electron chi connectivity index (χ4n) is 2.55. The molecule has 0 aliphatic carbocycles. The molecule has 3 aromatic rings. The van der Waals surface area contributed by atoms with Gasteiger partial charge in [0, 0.05) is 23.6 Å². The maximum atomic E-state index is 12.4. The summed E-state index contributed by atoms with van der Waals surface area (Å²) in [5.41, 5.74) is 2.14. The molecule has 0 N–H and O–H groups in total. The van der Waals surface area contributed by atoms with Crippen molar-refractivity contribution < 1.29 is 23.0 Å². The third-order valence-electron chi connectivity index (χ3n) is 3.89. The second-order valence-electron chi connectivity index (χ2n) is 5.62. The summed E-state index contributed by atoms with van der Waals surface area (Å²) in [5.74, 6) is -0.0570. The van der Waals surface area contributed by atoms with Crippen LogP contribution in [0.25, 0.3) is 11.8 Å². The summed E-state index contributed by atoms with van der Waals surface area (Å²) in [5, 5.41) is 0. The van der Waals surface area contributed by atoms with Crippen molar-refractivity contribution in [3.63, 3.8) is 0 Å². The van der Waals surface area contributed by atoms with Crippen LogP contribution in [0.15, 0.2) is 73.1 Å². The molecule has 4 nitrogen and oxygen atoms in total. The lowest BCUT2D eigenvalue weighted by Crippen LogP contribution is -2.03. The molecule has 0 fully saturated rings. The van der Waals surface area contributed by atoms with E-state index >= 15 is 0 Å². The number of aromatic nitrogens is 1. The minimum atomic E-state index is -2.93. The number of nitrogens with zero attached hydrogens (tertiary/aromatic N) is 1. The van der Waals surface area contributed by atoms with Gasteiger partial charge in [0.05, 0.1) is 7.11 Å². The standard InChI is InChI=1S/C21H17F2NO3/c1-26-20-14-15(5-11-19(20)27-21(22)23)4-10-18(25)16-6-8-17(9-7-16)24-12-2-3-13-24/h2-14,21H,1H3/b10-4+. The molecule has 0 atom stereocenters. The second-order valence-corrected chi connectivity index (χ2v) is 5.62. The number of alkyl halides is 2. The number of benzene rings is 2. The molecule has 138 valence electrons. The van der Waals surface area contributed by atoms with Gasteiger partial charge in [-0.3, -0.25) is 4.79 Å². The number of hydrogen-bond donors (Lipinski definition) is 0. The maximum absolute atomic E-state index is 12.4. The number of ether oxygens (including phenoxy) is 2. The van der Waals surface area contributed by atoms with Crippen LogP contribution in [-0.2, 0) is 0 Å². The molecule has 0 aliphatic rings. The Labute approximate surface area is 155 Å². The molecule has 2 aromatic carbocycles. The van der Waals surface area contributed by atoms with Gasteiger partial charge in [0.25, 0.3) is 0 Å². The molecule has 1 aromatic heterocycles. The van der Waals surface area contributed by atoms with Crippen molar-refractivity contribution in [1.29, 1.82) is 0 Å². The number of allylic oxidation sites excluding steroid dienone is 1. The molecule has 27 heavy (non-hydrogen) atoms. The minimum Gasteiger partial charge on any atom is -0.493 e. The highest BCUT2D eigenvalue weighted by atomic mass is 19.3. The Balaban J connectivity index is 1.72. The Morgan fingerprint density at radius 2 is 1.74 bits per heavy atom. The third-order valence-corrected chi connectivity index (χ3v) is 3.89. The number of carbonyl (C=O) groups excluding carboxylic acids is 1. The number of methoxy groups -OCH3 is 1. The van der Waals surface area contributed by atoms with E-state index in [1.54, 1.807) is 24.3 Å². The number of carbonyl (C=O) groups is 1. The number of hydrogen-bond acceptors (Lipinski definition) is 3. The van der Waals surface area contributed by atoms with Crippen molar-refractivity contribution in [3.05, 3.63) is 84.2 Å². The van der Waals surface area contributed by atoms with Crippen molar-refractivity contribution >= 4 is 11.9 Å². The van der Waals surface area contributed by atoms with Gasteiger partial charge in [-0.05, 0) is 60.2 Å². The lowest BCUT2D eigenvalue weighted by Gasteiger charge is -2.10. The molecule has 0 radical (unpaired) electrons. The molecule has 0 saturated heterocycles. The Bertz CT molecular complexity index is 933. The van der Waals surface area contributed by atoms with E-state index < -0.39 is 6.61 Å². The number of rotatable bonds is 7. The topological polar surface area (TPSA) is 40.5 Å². The zero-order valence-electron chi connectivity index (χ0n) is 14.5. The lowest BCUT2D eigenvalue weighted by molar-refractivity contribution is -0.0512. The lowest BCUT2D eigenvalue weighted by atomic mass is 10.1. The van der Waals surface area contributed by atoms with Crippen molar-refractivity contribution in [2.75, 3.05) is 7.11 Å². The average molecular weight is 369 g/mol. The smallest absolute Gasteiger partial charge is 0.387 e. The van der Waals surface area contributed by atoms with Crippen LogP contribution in [0.1, 0.15) is 15.9 Å². The van der Waals surface area contributed by atoms with Crippen LogP contribution in [0.2, 0.25) is 0 Å². The predicted molar refractivity (Wildman–Crippen MR) is 98.8 cm³/mol. The normalized spacial score (nSPS) is 11.1. The monoisotopic (exact) mass is 369 g/mol. The maximum Gasteiger partial charge on any atom is 0.387 e. The number of ketones is 1. The van der Waals surface area contributed by atoms with Gasteiger partial charge in [-0.15, -0.1) is 0 Å². The van der Waals surface area contributed by atoms with Crippen molar-refractivity contribution in [2.24, 2.45) is 0 Å².